The Morgan fingerprint density at radius 2 is 2.27 bits per heavy atom. The van der Waals surface area contributed by atoms with Crippen molar-refractivity contribution in [3.63, 3.8) is 0 Å². The van der Waals surface area contributed by atoms with Gasteiger partial charge in [0.2, 0.25) is 0 Å². The number of fused-ring (bicyclic) bond motifs is 1. The summed E-state index contributed by atoms with van der Waals surface area (Å²) in [5, 5.41) is 0. The summed E-state index contributed by atoms with van der Waals surface area (Å²) in [6.45, 7) is 4.02. The first-order valence-electron chi connectivity index (χ1n) is 4.00. The van der Waals surface area contributed by atoms with Crippen molar-refractivity contribution in [2.45, 2.75) is 19.3 Å². The van der Waals surface area contributed by atoms with Gasteiger partial charge in [0.25, 0.3) is 0 Å². The standard InChI is InChI=1S/C10H11N/c1-8-4-2-6-10-9(8)5-3-7-11-10/h3,5,7H,1-2,4,6H2. The molecule has 0 aromatic carbocycles. The number of pyridine rings is 1. The Balaban J connectivity index is 2.52. The molecule has 0 amide bonds. The summed E-state index contributed by atoms with van der Waals surface area (Å²) in [7, 11) is 0. The molecule has 0 aliphatic heterocycles. The van der Waals surface area contributed by atoms with Crippen LogP contribution in [0, 0.1) is 0 Å². The second kappa shape index (κ2) is 2.50. The molecule has 1 nitrogen and oxygen atoms in total. The van der Waals surface area contributed by atoms with Gasteiger partial charge in [0, 0.05) is 11.9 Å². The minimum absolute atomic E-state index is 1.12. The van der Waals surface area contributed by atoms with E-state index in [9.17, 15) is 0 Å². The summed E-state index contributed by atoms with van der Waals surface area (Å²) in [5.74, 6) is 0. The van der Waals surface area contributed by atoms with E-state index < -0.39 is 0 Å². The Labute approximate surface area is 66.8 Å². The van der Waals surface area contributed by atoms with Crippen molar-refractivity contribution in [3.05, 3.63) is 36.2 Å². The molecule has 0 atom stereocenters. The van der Waals surface area contributed by atoms with Gasteiger partial charge in [-0.05, 0) is 36.5 Å². The molecule has 0 radical (unpaired) electrons. The molecule has 11 heavy (non-hydrogen) atoms. The van der Waals surface area contributed by atoms with Crippen molar-refractivity contribution >= 4 is 5.57 Å². The third-order valence-corrected chi connectivity index (χ3v) is 2.16. The molecule has 2 rings (SSSR count). The van der Waals surface area contributed by atoms with E-state index in [-0.39, 0.29) is 0 Å². The van der Waals surface area contributed by atoms with E-state index in [1.807, 2.05) is 12.3 Å². The molecule has 1 aromatic rings. The number of aryl methyl sites for hydroxylation is 1. The van der Waals surface area contributed by atoms with Crippen molar-refractivity contribution in [1.82, 2.24) is 4.98 Å². The quantitative estimate of drug-likeness (QED) is 0.546. The first kappa shape index (κ1) is 6.59. The highest BCUT2D eigenvalue weighted by Gasteiger charge is 2.11. The van der Waals surface area contributed by atoms with Crippen LogP contribution in [0.5, 0.6) is 0 Å². The van der Waals surface area contributed by atoms with E-state index in [1.165, 1.54) is 23.3 Å². The maximum atomic E-state index is 4.31. The lowest BCUT2D eigenvalue weighted by Crippen LogP contribution is -2.02. The summed E-state index contributed by atoms with van der Waals surface area (Å²) < 4.78 is 0. The van der Waals surface area contributed by atoms with E-state index >= 15 is 0 Å². The average molecular weight is 145 g/mol. The normalized spacial score (nSPS) is 16.2. The van der Waals surface area contributed by atoms with E-state index in [4.69, 9.17) is 0 Å². The molecule has 1 aromatic heterocycles. The highest BCUT2D eigenvalue weighted by Crippen LogP contribution is 2.26. The highest BCUT2D eigenvalue weighted by molar-refractivity contribution is 5.66. The highest BCUT2D eigenvalue weighted by atomic mass is 14.7. The molecule has 0 spiro atoms. The third-order valence-electron chi connectivity index (χ3n) is 2.16. The van der Waals surface area contributed by atoms with Crippen LogP contribution in [0.15, 0.2) is 24.9 Å². The van der Waals surface area contributed by atoms with Crippen LogP contribution in [-0.2, 0) is 6.42 Å². The van der Waals surface area contributed by atoms with Crippen molar-refractivity contribution in [2.24, 2.45) is 0 Å². The second-order valence-corrected chi connectivity index (χ2v) is 2.95. The van der Waals surface area contributed by atoms with Crippen molar-refractivity contribution < 1.29 is 0 Å². The zero-order valence-electron chi connectivity index (χ0n) is 6.51. The maximum Gasteiger partial charge on any atom is 0.0478 e. The van der Waals surface area contributed by atoms with E-state index in [2.05, 4.69) is 17.6 Å². The smallest absolute Gasteiger partial charge is 0.0478 e. The molecule has 0 unspecified atom stereocenters. The number of hydrogen-bond acceptors (Lipinski definition) is 1. The van der Waals surface area contributed by atoms with E-state index in [1.54, 1.807) is 0 Å². The van der Waals surface area contributed by atoms with Crippen LogP contribution in [0.3, 0.4) is 0 Å². The summed E-state index contributed by atoms with van der Waals surface area (Å²) in [6.07, 6.45) is 5.33. The van der Waals surface area contributed by atoms with Crippen molar-refractivity contribution in [3.8, 4) is 0 Å². The first-order chi connectivity index (χ1) is 5.38. The van der Waals surface area contributed by atoms with Crippen LogP contribution in [0.2, 0.25) is 0 Å². The minimum atomic E-state index is 1.12. The van der Waals surface area contributed by atoms with Crippen LogP contribution in [0.25, 0.3) is 5.57 Å². The first-order valence-corrected chi connectivity index (χ1v) is 4.00. The van der Waals surface area contributed by atoms with Gasteiger partial charge in [0.15, 0.2) is 0 Å². The molecule has 0 saturated heterocycles. The summed E-state index contributed by atoms with van der Waals surface area (Å²) in [4.78, 5) is 4.31. The Kier molecular flexibility index (Phi) is 1.50. The molecule has 1 aliphatic rings. The summed E-state index contributed by atoms with van der Waals surface area (Å²) >= 11 is 0. The van der Waals surface area contributed by atoms with Crippen LogP contribution >= 0.6 is 0 Å². The van der Waals surface area contributed by atoms with Gasteiger partial charge in [-0.3, -0.25) is 4.98 Å². The van der Waals surface area contributed by atoms with Crippen molar-refractivity contribution in [1.29, 1.82) is 0 Å². The fraction of sp³-hybridized carbons (Fsp3) is 0.300. The number of aromatic nitrogens is 1. The van der Waals surface area contributed by atoms with E-state index in [0.717, 1.165) is 12.8 Å². The largest absolute Gasteiger partial charge is 0.261 e. The molecular weight excluding hydrogens is 134 g/mol. The van der Waals surface area contributed by atoms with Gasteiger partial charge in [-0.2, -0.15) is 0 Å². The van der Waals surface area contributed by atoms with Gasteiger partial charge in [-0.15, -0.1) is 0 Å². The van der Waals surface area contributed by atoms with Crippen LogP contribution in [0.1, 0.15) is 24.1 Å². The molecule has 1 aliphatic carbocycles. The zero-order chi connectivity index (χ0) is 7.68. The van der Waals surface area contributed by atoms with Crippen LogP contribution in [0.4, 0.5) is 0 Å². The Bertz CT molecular complexity index is 289. The fourth-order valence-electron chi connectivity index (χ4n) is 1.56. The fourth-order valence-corrected chi connectivity index (χ4v) is 1.56. The topological polar surface area (TPSA) is 12.9 Å². The lowest BCUT2D eigenvalue weighted by molar-refractivity contribution is 0.794. The molecule has 0 fully saturated rings. The minimum Gasteiger partial charge on any atom is -0.261 e. The Morgan fingerprint density at radius 1 is 1.36 bits per heavy atom. The van der Waals surface area contributed by atoms with Gasteiger partial charge in [0.1, 0.15) is 0 Å². The molecular formula is C10H11N. The van der Waals surface area contributed by atoms with Crippen LogP contribution < -0.4 is 0 Å². The third kappa shape index (κ3) is 1.07. The molecule has 1 heteroatoms. The molecule has 1 heterocycles. The monoisotopic (exact) mass is 145 g/mol. The lowest BCUT2D eigenvalue weighted by atomic mass is 9.92. The van der Waals surface area contributed by atoms with Gasteiger partial charge in [-0.25, -0.2) is 0 Å². The average Bonchev–Trinajstić information content (AvgIpc) is 2.06. The lowest BCUT2D eigenvalue weighted by Gasteiger charge is -2.15. The number of nitrogens with zero attached hydrogens (tertiary/aromatic N) is 1. The van der Waals surface area contributed by atoms with E-state index in [0.29, 0.717) is 0 Å². The molecule has 56 valence electrons. The van der Waals surface area contributed by atoms with Gasteiger partial charge >= 0.3 is 0 Å². The van der Waals surface area contributed by atoms with Crippen LogP contribution in [-0.4, -0.2) is 4.98 Å². The summed E-state index contributed by atoms with van der Waals surface area (Å²) in [6, 6.07) is 4.10. The van der Waals surface area contributed by atoms with Gasteiger partial charge < -0.3 is 0 Å². The van der Waals surface area contributed by atoms with Crippen molar-refractivity contribution in [2.75, 3.05) is 0 Å². The number of allylic oxidation sites excluding steroid dienone is 1. The predicted molar refractivity (Wildman–Crippen MR) is 46.2 cm³/mol. The van der Waals surface area contributed by atoms with Gasteiger partial charge in [-0.1, -0.05) is 12.6 Å². The predicted octanol–water partition coefficient (Wildman–Crippen LogP) is 2.43. The second-order valence-electron chi connectivity index (χ2n) is 2.95. The number of hydrogen-bond donors (Lipinski definition) is 0. The molecule has 0 N–H and O–H groups in total. The Hall–Kier alpha value is -1.11. The summed E-state index contributed by atoms with van der Waals surface area (Å²) in [5.41, 5.74) is 3.75. The Morgan fingerprint density at radius 3 is 3.09 bits per heavy atom. The number of rotatable bonds is 0. The molecule has 0 bridgehead atoms. The maximum absolute atomic E-state index is 4.31. The zero-order valence-corrected chi connectivity index (χ0v) is 6.51. The SMILES string of the molecule is C=C1CCCc2ncccc21. The molecule has 0 saturated carbocycles. The van der Waals surface area contributed by atoms with Gasteiger partial charge in [0.05, 0.1) is 0 Å².